The van der Waals surface area contributed by atoms with Gasteiger partial charge in [-0.05, 0) is 73.3 Å². The lowest BCUT2D eigenvalue weighted by atomic mass is 9.79. The maximum absolute atomic E-state index is 14.5. The van der Waals surface area contributed by atoms with Crippen molar-refractivity contribution in [3.8, 4) is 0 Å². The summed E-state index contributed by atoms with van der Waals surface area (Å²) < 4.78 is 53.4. The number of nitrogens with one attached hydrogen (secondary N) is 4. The minimum Gasteiger partial charge on any atom is -0.444 e. The summed E-state index contributed by atoms with van der Waals surface area (Å²) in [6.07, 6.45) is 5.61. The Morgan fingerprint density at radius 2 is 1.88 bits per heavy atom. The minimum atomic E-state index is -3.95. The van der Waals surface area contributed by atoms with E-state index in [1.165, 1.54) is 15.9 Å². The molecule has 3 fully saturated rings. The van der Waals surface area contributed by atoms with Crippen LogP contribution in [-0.4, -0.2) is 95.7 Å². The lowest BCUT2D eigenvalue weighted by Crippen LogP contribution is -2.58. The number of hydrogen-bond donors (Lipinski definition) is 5. The monoisotopic (exact) mass is 806 g/mol. The zero-order valence-corrected chi connectivity index (χ0v) is 31.9. The van der Waals surface area contributed by atoms with Crippen LogP contribution in [-0.2, 0) is 53.5 Å². The van der Waals surface area contributed by atoms with Gasteiger partial charge in [-0.15, -0.1) is 0 Å². The molecule has 5 atom stereocenters. The molecule has 4 aliphatic heterocycles. The number of benzene rings is 2. The summed E-state index contributed by atoms with van der Waals surface area (Å²) in [5, 5.41) is 17.7. The summed E-state index contributed by atoms with van der Waals surface area (Å²) in [5.41, 5.74) is 1.06. The van der Waals surface area contributed by atoms with Crippen LogP contribution in [0.2, 0.25) is 0 Å². The van der Waals surface area contributed by atoms with Crippen molar-refractivity contribution in [1.82, 2.24) is 25.2 Å². The van der Waals surface area contributed by atoms with Crippen LogP contribution >= 0.6 is 0 Å². The first-order valence-corrected chi connectivity index (χ1v) is 20.9. The predicted molar refractivity (Wildman–Crippen MR) is 202 cm³/mol. The van der Waals surface area contributed by atoms with Crippen molar-refractivity contribution in [3.05, 3.63) is 71.1 Å². The number of hydrogen-bond acceptors (Lipinski definition) is 10. The molecule has 1 saturated heterocycles. The molecule has 2 saturated carbocycles. The fourth-order valence-corrected chi connectivity index (χ4v) is 9.56. The second-order valence-corrected chi connectivity index (χ2v) is 17.7. The molecule has 302 valence electrons. The lowest BCUT2D eigenvalue weighted by Gasteiger charge is -2.30. The zero-order chi connectivity index (χ0) is 40.1. The fraction of sp³-hybridized carbons (Fsp3) is 0.500. The fourth-order valence-electron chi connectivity index (χ4n) is 8.19. The summed E-state index contributed by atoms with van der Waals surface area (Å²) >= 11 is 0. The van der Waals surface area contributed by atoms with Gasteiger partial charge in [0.2, 0.25) is 21.8 Å². The number of carbonyl (C=O) groups is 5. The normalized spacial score (nSPS) is 27.8. The van der Waals surface area contributed by atoms with Crippen molar-refractivity contribution >= 4 is 58.1 Å². The number of sulfonamides is 1. The van der Waals surface area contributed by atoms with Crippen LogP contribution in [0, 0.1) is 11.7 Å². The van der Waals surface area contributed by atoms with Crippen LogP contribution < -0.4 is 26.1 Å². The van der Waals surface area contributed by atoms with Gasteiger partial charge in [0, 0.05) is 30.1 Å². The number of nitrogens with zero attached hydrogens (tertiary/aromatic N) is 2. The number of fused-ring (bicyclic) bond motifs is 4. The maximum Gasteiger partial charge on any atom is 0.491 e. The number of ether oxygens (including phenoxy) is 1. The standard InChI is InChI=1S/C38H44BFN6O10S/c40-30-9-6-7-22-18-45(20-28(22)30)37(51)56-26-16-32-33(47)43-38(35(49)44-57(53,54)27-13-14-27)17-24(38)8-4-2-1-3-5-10-31(34(48)46(32)19-26)42-36(50)41-25-12-11-23-21-55-39(52)29(23)15-25/h4,6-9,11-12,15,24,26-27,31-32,52H,1-3,5,10,13-14,16-21H2,(H,43,47)(H,44,49)(H2,41,42,50)/b8-4-/t24-,26-,31+,32?,38-/m1/s1. The predicted octanol–water partition coefficient (Wildman–Crippen LogP) is 1.66. The maximum atomic E-state index is 14.5. The molecule has 2 aromatic rings. The second-order valence-electron chi connectivity index (χ2n) is 15.7. The lowest BCUT2D eigenvalue weighted by molar-refractivity contribution is -0.141. The van der Waals surface area contributed by atoms with Crippen LogP contribution in [0.1, 0.15) is 74.5 Å². The van der Waals surface area contributed by atoms with Crippen molar-refractivity contribution in [1.29, 1.82) is 0 Å². The van der Waals surface area contributed by atoms with Gasteiger partial charge in [0.1, 0.15) is 29.5 Å². The van der Waals surface area contributed by atoms with E-state index in [4.69, 9.17) is 9.39 Å². The molecule has 19 heteroatoms. The number of rotatable bonds is 6. The van der Waals surface area contributed by atoms with E-state index in [1.54, 1.807) is 36.4 Å². The number of urea groups is 1. The second kappa shape index (κ2) is 15.4. The van der Waals surface area contributed by atoms with Gasteiger partial charge >= 0.3 is 19.2 Å². The van der Waals surface area contributed by atoms with E-state index in [0.29, 0.717) is 54.4 Å². The Bertz CT molecular complexity index is 2140. The average Bonchev–Trinajstić information content (AvgIpc) is 4.01. The Labute approximate surface area is 329 Å². The van der Waals surface area contributed by atoms with Crippen LogP contribution in [0.5, 0.6) is 0 Å². The van der Waals surface area contributed by atoms with Gasteiger partial charge < -0.3 is 35.3 Å². The topological polar surface area (TPSA) is 213 Å². The van der Waals surface area contributed by atoms with E-state index < -0.39 is 87.7 Å². The van der Waals surface area contributed by atoms with Gasteiger partial charge in [0.25, 0.3) is 5.91 Å². The van der Waals surface area contributed by atoms with Gasteiger partial charge in [-0.2, -0.15) is 0 Å². The van der Waals surface area contributed by atoms with Crippen molar-refractivity contribution in [3.63, 3.8) is 0 Å². The van der Waals surface area contributed by atoms with Gasteiger partial charge in [-0.3, -0.25) is 24.0 Å². The smallest absolute Gasteiger partial charge is 0.444 e. The molecule has 0 spiro atoms. The molecule has 0 aromatic heterocycles. The first kappa shape index (κ1) is 38.8. The Hall–Kier alpha value is -5.01. The summed E-state index contributed by atoms with van der Waals surface area (Å²) in [4.78, 5) is 72.0. The Kier molecular flexibility index (Phi) is 10.5. The van der Waals surface area contributed by atoms with Gasteiger partial charge in [-0.25, -0.2) is 22.4 Å². The molecule has 6 amide bonds. The van der Waals surface area contributed by atoms with E-state index in [9.17, 15) is 41.8 Å². The Morgan fingerprint density at radius 1 is 1.05 bits per heavy atom. The summed E-state index contributed by atoms with van der Waals surface area (Å²) in [7, 11) is -5.08. The van der Waals surface area contributed by atoms with Crippen LogP contribution in [0.25, 0.3) is 0 Å². The SMILES string of the molecule is O=C(Nc1ccc2c(c1)B(O)OC2)N[C@H]1CCCCC/C=C\[C@@H]2C[C@@]2(C(=O)NS(=O)(=O)C2CC2)NC(=O)C2C[C@@H](OC(=O)N3Cc4cccc(F)c4C3)CN2C1=O. The third-order valence-corrected chi connectivity index (χ3v) is 13.5. The average molecular weight is 807 g/mol. The van der Waals surface area contributed by atoms with Gasteiger partial charge in [0.05, 0.1) is 24.9 Å². The highest BCUT2D eigenvalue weighted by Gasteiger charge is 2.62. The number of anilines is 1. The van der Waals surface area contributed by atoms with E-state index in [-0.39, 0.29) is 45.5 Å². The van der Waals surface area contributed by atoms with Gasteiger partial charge in [-0.1, -0.05) is 43.2 Å². The molecule has 2 aliphatic carbocycles. The first-order chi connectivity index (χ1) is 27.3. The molecule has 16 nitrogen and oxygen atoms in total. The number of amides is 6. The summed E-state index contributed by atoms with van der Waals surface area (Å²) in [6, 6.07) is 6.43. The van der Waals surface area contributed by atoms with Crippen LogP contribution in [0.15, 0.2) is 48.6 Å². The molecule has 6 aliphatic rings. The molecular formula is C38H44BFN6O10S. The van der Waals surface area contributed by atoms with Crippen molar-refractivity contribution in [2.75, 3.05) is 11.9 Å². The van der Waals surface area contributed by atoms with Crippen molar-refractivity contribution < 1.29 is 51.2 Å². The third kappa shape index (κ3) is 8.09. The molecular weight excluding hydrogens is 762 g/mol. The molecule has 4 heterocycles. The van der Waals surface area contributed by atoms with Crippen LogP contribution in [0.3, 0.4) is 0 Å². The molecule has 8 rings (SSSR count). The minimum absolute atomic E-state index is 0.0201. The molecule has 2 aromatic carbocycles. The van der Waals surface area contributed by atoms with E-state index >= 15 is 0 Å². The van der Waals surface area contributed by atoms with Crippen molar-refractivity contribution in [2.45, 2.75) is 106 Å². The van der Waals surface area contributed by atoms with Gasteiger partial charge in [0.15, 0.2) is 0 Å². The van der Waals surface area contributed by atoms with Crippen LogP contribution in [0.4, 0.5) is 19.7 Å². The molecule has 0 radical (unpaired) electrons. The Morgan fingerprint density at radius 3 is 2.67 bits per heavy atom. The highest BCUT2D eigenvalue weighted by Crippen LogP contribution is 2.46. The highest BCUT2D eigenvalue weighted by molar-refractivity contribution is 7.91. The highest BCUT2D eigenvalue weighted by atomic mass is 32.2. The zero-order valence-electron chi connectivity index (χ0n) is 31.1. The number of carbonyl (C=O) groups excluding carboxylic acids is 5. The van der Waals surface area contributed by atoms with E-state index in [2.05, 4.69) is 20.7 Å². The molecule has 1 unspecified atom stereocenters. The summed E-state index contributed by atoms with van der Waals surface area (Å²) in [5.74, 6) is -3.17. The van der Waals surface area contributed by atoms with Crippen molar-refractivity contribution in [2.24, 2.45) is 5.92 Å². The number of allylic oxidation sites excluding steroid dienone is 1. The van der Waals surface area contributed by atoms with E-state index in [0.717, 1.165) is 12.0 Å². The van der Waals surface area contributed by atoms with E-state index in [1.807, 2.05) is 6.08 Å². The third-order valence-electron chi connectivity index (χ3n) is 11.7. The largest absolute Gasteiger partial charge is 0.491 e. The molecule has 0 bridgehead atoms. The first-order valence-electron chi connectivity index (χ1n) is 19.4. The molecule has 57 heavy (non-hydrogen) atoms. The Balaban J connectivity index is 1.03. The molecule has 5 N–H and O–H groups in total. The number of halogens is 1. The quantitative estimate of drug-likeness (QED) is 0.211. The summed E-state index contributed by atoms with van der Waals surface area (Å²) in [6.45, 7) is 0.0952.